The van der Waals surface area contributed by atoms with Crippen LogP contribution in [0.4, 0.5) is 11.4 Å². The summed E-state index contributed by atoms with van der Waals surface area (Å²) >= 11 is 5.95. The van der Waals surface area contributed by atoms with Gasteiger partial charge in [0.25, 0.3) is 0 Å². The smallest absolute Gasteiger partial charge is 0.0656 e. The number of anilines is 2. The van der Waals surface area contributed by atoms with Crippen molar-refractivity contribution < 1.29 is 0 Å². The van der Waals surface area contributed by atoms with Gasteiger partial charge in [-0.3, -0.25) is 0 Å². The molecule has 3 heteroatoms. The maximum Gasteiger partial charge on any atom is 0.0656 e. The third-order valence-electron chi connectivity index (χ3n) is 2.15. The molecule has 0 spiro atoms. The zero-order valence-corrected chi connectivity index (χ0v) is 10.2. The van der Waals surface area contributed by atoms with Crippen LogP contribution in [0.2, 0.25) is 5.02 Å². The molecule has 0 saturated carbocycles. The molecular weight excluding hydrogens is 208 g/mol. The summed E-state index contributed by atoms with van der Waals surface area (Å²) in [6, 6.07) is 3.75. The molecule has 0 aromatic heterocycles. The summed E-state index contributed by atoms with van der Waals surface area (Å²) in [4.78, 5) is 0. The van der Waals surface area contributed by atoms with Gasteiger partial charge in [-0.25, -0.2) is 0 Å². The number of allylic oxidation sites excluding steroid dienone is 1. The Kier molecular flexibility index (Phi) is 4.04. The minimum Gasteiger partial charge on any atom is -0.398 e. The first-order valence-corrected chi connectivity index (χ1v) is 5.31. The molecule has 15 heavy (non-hydrogen) atoms. The number of nitrogens with one attached hydrogen (secondary N) is 1. The van der Waals surface area contributed by atoms with E-state index >= 15 is 0 Å². The van der Waals surface area contributed by atoms with Crippen molar-refractivity contribution in [1.29, 1.82) is 0 Å². The zero-order valence-electron chi connectivity index (χ0n) is 9.39. The molecule has 0 bridgehead atoms. The van der Waals surface area contributed by atoms with Gasteiger partial charge >= 0.3 is 0 Å². The monoisotopic (exact) mass is 224 g/mol. The second kappa shape index (κ2) is 5.08. The van der Waals surface area contributed by atoms with E-state index in [9.17, 15) is 0 Å². The van der Waals surface area contributed by atoms with Gasteiger partial charge in [0, 0.05) is 12.2 Å². The Balaban J connectivity index is 2.77. The molecular formula is C12H17ClN2. The van der Waals surface area contributed by atoms with Gasteiger partial charge in [0.1, 0.15) is 0 Å². The molecule has 1 aromatic rings. The molecule has 0 aliphatic rings. The number of halogens is 1. The summed E-state index contributed by atoms with van der Waals surface area (Å²) in [6.45, 7) is 6.97. The first-order chi connectivity index (χ1) is 7.00. The highest BCUT2D eigenvalue weighted by Gasteiger charge is 2.01. The predicted molar refractivity (Wildman–Crippen MR) is 68.5 cm³/mol. The van der Waals surface area contributed by atoms with E-state index < -0.39 is 0 Å². The highest BCUT2D eigenvalue weighted by atomic mass is 35.5. The lowest BCUT2D eigenvalue weighted by molar-refractivity contribution is 1.25. The van der Waals surface area contributed by atoms with Crippen LogP contribution in [0.3, 0.4) is 0 Å². The SMILES string of the molecule is CC(C)=CCNc1cc(Cl)c(N)cc1C. The van der Waals surface area contributed by atoms with Gasteiger partial charge in [-0.05, 0) is 38.5 Å². The van der Waals surface area contributed by atoms with E-state index in [0.29, 0.717) is 10.7 Å². The number of hydrogen-bond acceptors (Lipinski definition) is 2. The molecule has 1 rings (SSSR count). The molecule has 0 unspecified atom stereocenters. The molecule has 0 aliphatic carbocycles. The van der Waals surface area contributed by atoms with Crippen LogP contribution in [0.15, 0.2) is 23.8 Å². The second-order valence-corrected chi connectivity index (χ2v) is 4.26. The van der Waals surface area contributed by atoms with Gasteiger partial charge < -0.3 is 11.1 Å². The molecule has 0 aliphatic heterocycles. The summed E-state index contributed by atoms with van der Waals surface area (Å²) in [5.74, 6) is 0. The van der Waals surface area contributed by atoms with E-state index in [1.807, 2.05) is 19.1 Å². The summed E-state index contributed by atoms with van der Waals surface area (Å²) in [5.41, 5.74) is 9.76. The Bertz CT molecular complexity index is 379. The molecule has 0 heterocycles. The van der Waals surface area contributed by atoms with Gasteiger partial charge in [-0.2, -0.15) is 0 Å². The third-order valence-corrected chi connectivity index (χ3v) is 2.47. The van der Waals surface area contributed by atoms with Crippen molar-refractivity contribution in [2.24, 2.45) is 0 Å². The van der Waals surface area contributed by atoms with E-state index in [4.69, 9.17) is 17.3 Å². The Hall–Kier alpha value is -1.15. The average molecular weight is 225 g/mol. The van der Waals surface area contributed by atoms with E-state index in [1.54, 1.807) is 0 Å². The molecule has 0 amide bonds. The zero-order chi connectivity index (χ0) is 11.4. The van der Waals surface area contributed by atoms with E-state index in [-0.39, 0.29) is 0 Å². The van der Waals surface area contributed by atoms with Crippen LogP contribution in [-0.4, -0.2) is 6.54 Å². The second-order valence-electron chi connectivity index (χ2n) is 3.85. The largest absolute Gasteiger partial charge is 0.398 e. The summed E-state index contributed by atoms with van der Waals surface area (Å²) < 4.78 is 0. The highest BCUT2D eigenvalue weighted by Crippen LogP contribution is 2.26. The minimum absolute atomic E-state index is 0.598. The number of nitrogens with two attached hydrogens (primary N) is 1. The predicted octanol–water partition coefficient (Wildman–Crippen LogP) is 3.61. The fraction of sp³-hybridized carbons (Fsp3) is 0.333. The van der Waals surface area contributed by atoms with Gasteiger partial charge in [0.15, 0.2) is 0 Å². The lowest BCUT2D eigenvalue weighted by atomic mass is 10.2. The first kappa shape index (κ1) is 11.9. The van der Waals surface area contributed by atoms with Crippen LogP contribution < -0.4 is 11.1 Å². The van der Waals surface area contributed by atoms with Crippen molar-refractivity contribution in [2.75, 3.05) is 17.6 Å². The Morgan fingerprint density at radius 2 is 2.13 bits per heavy atom. The molecule has 0 radical (unpaired) electrons. The van der Waals surface area contributed by atoms with Gasteiger partial charge in [0.2, 0.25) is 0 Å². The van der Waals surface area contributed by atoms with Gasteiger partial charge in [0.05, 0.1) is 10.7 Å². The van der Waals surface area contributed by atoms with Crippen molar-refractivity contribution in [3.63, 3.8) is 0 Å². The van der Waals surface area contributed by atoms with Gasteiger partial charge in [-0.1, -0.05) is 23.3 Å². The van der Waals surface area contributed by atoms with Crippen molar-refractivity contribution in [2.45, 2.75) is 20.8 Å². The molecule has 2 nitrogen and oxygen atoms in total. The Morgan fingerprint density at radius 1 is 1.47 bits per heavy atom. The normalized spacial score (nSPS) is 9.87. The number of nitrogen functional groups attached to an aromatic ring is 1. The fourth-order valence-electron chi connectivity index (χ4n) is 1.26. The van der Waals surface area contributed by atoms with Crippen molar-refractivity contribution in [1.82, 2.24) is 0 Å². The van der Waals surface area contributed by atoms with Crippen molar-refractivity contribution in [3.8, 4) is 0 Å². The van der Waals surface area contributed by atoms with Crippen LogP contribution in [-0.2, 0) is 0 Å². The van der Waals surface area contributed by atoms with Crippen LogP contribution in [0, 0.1) is 6.92 Å². The number of rotatable bonds is 3. The van der Waals surface area contributed by atoms with Crippen molar-refractivity contribution in [3.05, 3.63) is 34.4 Å². The summed E-state index contributed by atoms with van der Waals surface area (Å²) in [6.07, 6.45) is 2.13. The van der Waals surface area contributed by atoms with Gasteiger partial charge in [-0.15, -0.1) is 0 Å². The summed E-state index contributed by atoms with van der Waals surface area (Å²) in [5, 5.41) is 3.89. The Labute approximate surface area is 96.1 Å². The number of aryl methyl sites for hydroxylation is 1. The highest BCUT2D eigenvalue weighted by molar-refractivity contribution is 6.33. The van der Waals surface area contributed by atoms with E-state index in [2.05, 4.69) is 25.2 Å². The molecule has 3 N–H and O–H groups in total. The van der Waals surface area contributed by atoms with Crippen LogP contribution in [0.25, 0.3) is 0 Å². The lowest BCUT2D eigenvalue weighted by Gasteiger charge is -2.09. The molecule has 82 valence electrons. The van der Waals surface area contributed by atoms with E-state index in [0.717, 1.165) is 17.8 Å². The van der Waals surface area contributed by atoms with E-state index in [1.165, 1.54) is 5.57 Å². The average Bonchev–Trinajstić information content (AvgIpc) is 2.13. The lowest BCUT2D eigenvalue weighted by Crippen LogP contribution is -2.01. The summed E-state index contributed by atoms with van der Waals surface area (Å²) in [7, 11) is 0. The Morgan fingerprint density at radius 3 is 2.73 bits per heavy atom. The fourth-order valence-corrected chi connectivity index (χ4v) is 1.42. The minimum atomic E-state index is 0.598. The van der Waals surface area contributed by atoms with Crippen LogP contribution in [0.5, 0.6) is 0 Å². The van der Waals surface area contributed by atoms with Crippen molar-refractivity contribution >= 4 is 23.0 Å². The molecule has 0 saturated heterocycles. The number of benzene rings is 1. The first-order valence-electron chi connectivity index (χ1n) is 4.93. The maximum atomic E-state index is 5.95. The molecule has 1 aromatic carbocycles. The van der Waals surface area contributed by atoms with Crippen LogP contribution >= 0.6 is 11.6 Å². The molecule has 0 fully saturated rings. The maximum absolute atomic E-state index is 5.95. The molecule has 0 atom stereocenters. The van der Waals surface area contributed by atoms with Crippen LogP contribution in [0.1, 0.15) is 19.4 Å². The number of hydrogen-bond donors (Lipinski definition) is 2. The topological polar surface area (TPSA) is 38.0 Å². The standard InChI is InChI=1S/C12H17ClN2/c1-8(2)4-5-15-12-7-10(13)11(14)6-9(12)3/h4,6-7,15H,5,14H2,1-3H3. The quantitative estimate of drug-likeness (QED) is 0.608. The third kappa shape index (κ3) is 3.48.